The van der Waals surface area contributed by atoms with E-state index in [4.69, 9.17) is 4.74 Å². The molecule has 0 amide bonds. The summed E-state index contributed by atoms with van der Waals surface area (Å²) >= 11 is 0. The summed E-state index contributed by atoms with van der Waals surface area (Å²) in [5.74, 6) is -0.370. The van der Waals surface area contributed by atoms with Gasteiger partial charge in [0.15, 0.2) is 0 Å². The second-order valence-electron chi connectivity index (χ2n) is 4.32. The van der Waals surface area contributed by atoms with Crippen LogP contribution in [0.5, 0.6) is 0 Å². The average molecular weight is 228 g/mol. The van der Waals surface area contributed by atoms with Crippen LogP contribution in [-0.4, -0.2) is 34.5 Å². The van der Waals surface area contributed by atoms with Crippen LogP contribution in [0.1, 0.15) is 39.0 Å². The van der Waals surface area contributed by atoms with Crippen LogP contribution < -0.4 is 0 Å². The largest absolute Gasteiger partial charge is 0.463 e. The van der Waals surface area contributed by atoms with Crippen LogP contribution in [0.15, 0.2) is 12.2 Å². The number of esters is 1. The normalized spacial score (nSPS) is 35.7. The number of carbonyl (C=O) groups is 1. The molecule has 2 N–H and O–H groups in total. The zero-order chi connectivity index (χ0) is 12.0. The van der Waals surface area contributed by atoms with Crippen molar-refractivity contribution in [2.45, 2.75) is 57.3 Å². The fraction of sp³-hybridized carbons (Fsp3) is 0.750. The first-order valence-corrected chi connectivity index (χ1v) is 5.80. The monoisotopic (exact) mass is 228 g/mol. The summed E-state index contributed by atoms with van der Waals surface area (Å²) in [5.41, 5.74) is 0. The van der Waals surface area contributed by atoms with E-state index in [-0.39, 0.29) is 24.6 Å². The molecule has 0 radical (unpaired) electrons. The number of aliphatic hydroxyl groups excluding tert-OH is 2. The molecule has 4 heteroatoms. The Balaban J connectivity index is 2.55. The van der Waals surface area contributed by atoms with Crippen LogP contribution in [-0.2, 0) is 9.53 Å². The van der Waals surface area contributed by atoms with Gasteiger partial charge in [0, 0.05) is 0 Å². The van der Waals surface area contributed by atoms with Gasteiger partial charge >= 0.3 is 5.97 Å². The Morgan fingerprint density at radius 1 is 1.38 bits per heavy atom. The molecule has 0 fully saturated rings. The van der Waals surface area contributed by atoms with Gasteiger partial charge in [0.1, 0.15) is 0 Å². The van der Waals surface area contributed by atoms with Crippen molar-refractivity contribution < 1.29 is 19.7 Å². The lowest BCUT2D eigenvalue weighted by Gasteiger charge is -2.16. The highest BCUT2D eigenvalue weighted by Gasteiger charge is 2.14. The summed E-state index contributed by atoms with van der Waals surface area (Å²) in [5, 5.41) is 19.0. The Morgan fingerprint density at radius 2 is 2.12 bits per heavy atom. The zero-order valence-corrected chi connectivity index (χ0v) is 9.63. The van der Waals surface area contributed by atoms with Gasteiger partial charge in [-0.2, -0.15) is 0 Å². The van der Waals surface area contributed by atoms with E-state index in [0.29, 0.717) is 12.8 Å². The molecule has 1 heterocycles. The average Bonchev–Trinajstić information content (AvgIpc) is 2.15. The summed E-state index contributed by atoms with van der Waals surface area (Å²) in [7, 11) is 0. The smallest absolute Gasteiger partial charge is 0.309 e. The van der Waals surface area contributed by atoms with E-state index in [9.17, 15) is 15.0 Å². The quantitative estimate of drug-likeness (QED) is 0.482. The molecular weight excluding hydrogens is 208 g/mol. The molecule has 0 aliphatic carbocycles. The second kappa shape index (κ2) is 6.66. The maximum atomic E-state index is 11.3. The van der Waals surface area contributed by atoms with Crippen molar-refractivity contribution in [3.05, 3.63) is 12.2 Å². The van der Waals surface area contributed by atoms with Crippen LogP contribution in [0.2, 0.25) is 0 Å². The topological polar surface area (TPSA) is 66.8 Å². The van der Waals surface area contributed by atoms with Crippen LogP contribution in [0.4, 0.5) is 0 Å². The molecule has 16 heavy (non-hydrogen) atoms. The fourth-order valence-electron chi connectivity index (χ4n) is 1.72. The van der Waals surface area contributed by atoms with Gasteiger partial charge in [0.2, 0.25) is 0 Å². The van der Waals surface area contributed by atoms with Crippen molar-refractivity contribution in [3.8, 4) is 0 Å². The molecule has 0 saturated carbocycles. The molecule has 0 unspecified atom stereocenters. The van der Waals surface area contributed by atoms with Crippen LogP contribution in [0, 0.1) is 0 Å². The second-order valence-corrected chi connectivity index (χ2v) is 4.32. The first-order chi connectivity index (χ1) is 7.58. The van der Waals surface area contributed by atoms with E-state index in [1.807, 2.05) is 6.92 Å². The van der Waals surface area contributed by atoms with Gasteiger partial charge in [0.05, 0.1) is 24.7 Å². The summed E-state index contributed by atoms with van der Waals surface area (Å²) in [6.07, 6.45) is 4.73. The van der Waals surface area contributed by atoms with Gasteiger partial charge in [-0.3, -0.25) is 4.79 Å². The van der Waals surface area contributed by atoms with Crippen molar-refractivity contribution in [1.29, 1.82) is 0 Å². The third-order valence-corrected chi connectivity index (χ3v) is 2.62. The number of cyclic esters (lactones) is 1. The molecule has 1 rings (SSSR count). The number of ether oxygens (including phenoxy) is 1. The summed E-state index contributed by atoms with van der Waals surface area (Å²) in [6, 6.07) is 0. The fourth-order valence-corrected chi connectivity index (χ4v) is 1.72. The highest BCUT2D eigenvalue weighted by molar-refractivity contribution is 5.70. The molecular formula is C12H20O4. The van der Waals surface area contributed by atoms with Crippen molar-refractivity contribution in [1.82, 2.24) is 0 Å². The Hall–Kier alpha value is -0.870. The molecule has 0 aromatic heterocycles. The van der Waals surface area contributed by atoms with Crippen LogP contribution in [0.3, 0.4) is 0 Å². The first-order valence-electron chi connectivity index (χ1n) is 5.80. The lowest BCUT2D eigenvalue weighted by molar-refractivity contribution is -0.150. The highest BCUT2D eigenvalue weighted by Crippen LogP contribution is 2.12. The van der Waals surface area contributed by atoms with E-state index in [1.165, 1.54) is 6.08 Å². The minimum atomic E-state index is -0.814. The van der Waals surface area contributed by atoms with Crippen LogP contribution >= 0.6 is 0 Å². The summed E-state index contributed by atoms with van der Waals surface area (Å²) in [6.45, 7) is 1.83. The molecule has 0 aromatic carbocycles. The number of aliphatic hydroxyl groups is 2. The van der Waals surface area contributed by atoms with E-state index < -0.39 is 6.10 Å². The van der Waals surface area contributed by atoms with E-state index in [1.54, 1.807) is 6.08 Å². The van der Waals surface area contributed by atoms with Crippen LogP contribution in [0.25, 0.3) is 0 Å². The van der Waals surface area contributed by atoms with Gasteiger partial charge in [-0.05, 0) is 32.6 Å². The maximum Gasteiger partial charge on any atom is 0.309 e. The maximum absolute atomic E-state index is 11.3. The van der Waals surface area contributed by atoms with Gasteiger partial charge in [0.25, 0.3) is 0 Å². The van der Waals surface area contributed by atoms with Gasteiger partial charge in [-0.15, -0.1) is 0 Å². The number of rotatable bonds is 0. The summed E-state index contributed by atoms with van der Waals surface area (Å²) < 4.78 is 5.11. The van der Waals surface area contributed by atoms with Gasteiger partial charge in [-0.1, -0.05) is 12.2 Å². The SMILES string of the molecule is C[C@@H]1CCC[C@H](O)C/C=C/[C@@H](O)CC(=O)O1. The van der Waals surface area contributed by atoms with Gasteiger partial charge < -0.3 is 14.9 Å². The third kappa shape index (κ3) is 5.28. The van der Waals surface area contributed by atoms with E-state index in [2.05, 4.69) is 0 Å². The highest BCUT2D eigenvalue weighted by atomic mass is 16.5. The Bertz CT molecular complexity index is 249. The number of carbonyl (C=O) groups excluding carboxylic acids is 1. The molecule has 0 spiro atoms. The third-order valence-electron chi connectivity index (χ3n) is 2.62. The van der Waals surface area contributed by atoms with Crippen molar-refractivity contribution in [3.63, 3.8) is 0 Å². The minimum absolute atomic E-state index is 0.0169. The standard InChI is InChI=1S/C12H20O4/c1-9-4-2-5-10(13)6-3-7-11(14)8-12(15)16-9/h3,7,9-11,13-14H,2,4-6,8H2,1H3/b7-3+/t9-,10+,11-/m1/s1. The lowest BCUT2D eigenvalue weighted by atomic mass is 10.1. The summed E-state index contributed by atoms with van der Waals surface area (Å²) in [4.78, 5) is 11.3. The number of hydrogen-bond acceptors (Lipinski definition) is 4. The van der Waals surface area contributed by atoms with Gasteiger partial charge in [-0.25, -0.2) is 0 Å². The van der Waals surface area contributed by atoms with E-state index >= 15 is 0 Å². The van der Waals surface area contributed by atoms with E-state index in [0.717, 1.165) is 12.8 Å². The molecule has 1 aliphatic heterocycles. The first kappa shape index (κ1) is 13.2. The molecule has 1 aliphatic rings. The lowest BCUT2D eigenvalue weighted by Crippen LogP contribution is -2.20. The predicted molar refractivity (Wildman–Crippen MR) is 59.8 cm³/mol. The minimum Gasteiger partial charge on any atom is -0.463 e. The Labute approximate surface area is 95.9 Å². The Morgan fingerprint density at radius 3 is 2.88 bits per heavy atom. The molecule has 3 atom stereocenters. The molecule has 4 nitrogen and oxygen atoms in total. The Kier molecular flexibility index (Phi) is 5.49. The zero-order valence-electron chi connectivity index (χ0n) is 9.63. The molecule has 0 bridgehead atoms. The van der Waals surface area contributed by atoms with Crippen molar-refractivity contribution in [2.24, 2.45) is 0 Å². The number of hydrogen-bond donors (Lipinski definition) is 2. The molecule has 92 valence electrons. The molecule has 0 aromatic rings. The molecule has 0 saturated heterocycles. The predicted octanol–water partition coefficient (Wildman–Crippen LogP) is 1.16. The van der Waals surface area contributed by atoms with Crippen molar-refractivity contribution >= 4 is 5.97 Å². The van der Waals surface area contributed by atoms with Crippen molar-refractivity contribution in [2.75, 3.05) is 0 Å².